The Labute approximate surface area is 163 Å². The molecule has 2 rings (SSSR count). The second-order valence-corrected chi connectivity index (χ2v) is 10.7. The van der Waals surface area contributed by atoms with E-state index in [4.69, 9.17) is 11.5 Å². The van der Waals surface area contributed by atoms with Crippen molar-refractivity contribution < 1.29 is 32.6 Å². The number of halogens is 5. The first-order chi connectivity index (χ1) is 12.8. The molecule has 160 valence electrons. The molecule has 4 N–H and O–H groups in total. The largest absolute Gasteiger partial charge is 0.370 e. The Hall–Kier alpha value is -2.67. The van der Waals surface area contributed by atoms with Crippen molar-refractivity contribution in [3.05, 3.63) is 47.5 Å². The summed E-state index contributed by atoms with van der Waals surface area (Å²) in [4.78, 5) is 12.9. The smallest absolute Gasteiger partial charge is 0.310 e. The zero-order chi connectivity index (χ0) is 22.5. The van der Waals surface area contributed by atoms with Gasteiger partial charge < -0.3 is 11.5 Å². The van der Waals surface area contributed by atoms with Gasteiger partial charge in [-0.3, -0.25) is 4.79 Å². The van der Waals surface area contributed by atoms with Gasteiger partial charge in [0.25, 0.3) is 5.91 Å². The van der Waals surface area contributed by atoms with Crippen LogP contribution in [0.15, 0.2) is 51.2 Å². The zero-order valence-corrected chi connectivity index (χ0v) is 16.6. The van der Waals surface area contributed by atoms with Gasteiger partial charge in [-0.2, -0.15) is 4.99 Å². The molecule has 2 aromatic rings. The van der Waals surface area contributed by atoms with Gasteiger partial charge in [-0.05, 0) is 42.3 Å². The lowest BCUT2D eigenvalue weighted by molar-refractivity contribution is 0.100. The minimum absolute atomic E-state index is 0.0695. The van der Waals surface area contributed by atoms with Crippen molar-refractivity contribution in [1.29, 1.82) is 0 Å². The second kappa shape index (κ2) is 6.16. The van der Waals surface area contributed by atoms with E-state index in [1.165, 1.54) is 13.0 Å². The maximum absolute atomic E-state index is 12.9. The van der Waals surface area contributed by atoms with Crippen molar-refractivity contribution in [2.45, 2.75) is 16.7 Å². The molecule has 2 aromatic carbocycles. The molecule has 0 aliphatic carbocycles. The van der Waals surface area contributed by atoms with Crippen molar-refractivity contribution in [2.24, 2.45) is 16.5 Å². The van der Waals surface area contributed by atoms with Crippen LogP contribution >= 0.6 is 10.2 Å². The lowest BCUT2D eigenvalue weighted by Crippen LogP contribution is -2.24. The zero-order valence-electron chi connectivity index (χ0n) is 15.0. The Balaban J connectivity index is 2.73. The number of hydrogen-bond acceptors (Lipinski definition) is 3. The van der Waals surface area contributed by atoms with E-state index < -0.39 is 41.7 Å². The average Bonchev–Trinajstić information content (AvgIpc) is 2.50. The predicted octanol–water partition coefficient (Wildman–Crippen LogP) is 4.14. The summed E-state index contributed by atoms with van der Waals surface area (Å²) in [6, 6.07) is 4.02. The molecule has 0 unspecified atom stereocenters. The van der Waals surface area contributed by atoms with Crippen LogP contribution in [-0.2, 0) is 9.84 Å². The van der Waals surface area contributed by atoms with Crippen LogP contribution in [0.25, 0.3) is 11.1 Å². The SMILES string of the molecule is Cc1cc(-c2ccc(S(F)(F)(F)(F)F)cc2)c(S(C)(=O)=O)cc1C(=O)N=C(N)N. The van der Waals surface area contributed by atoms with E-state index >= 15 is 0 Å². The number of guanidine groups is 1. The van der Waals surface area contributed by atoms with E-state index in [0.29, 0.717) is 0 Å². The fraction of sp³-hybridized carbons (Fsp3) is 0.125. The predicted molar refractivity (Wildman–Crippen MR) is 101 cm³/mol. The molecule has 6 nitrogen and oxygen atoms in total. The van der Waals surface area contributed by atoms with Crippen LogP contribution in [0.2, 0.25) is 0 Å². The standard InChI is InChI=1S/C16H16F5N3O3S2/c1-9-7-13(10-3-5-11(6-4-10)29(17,18,19,20)21)14(28(2,26)27)8-12(9)15(25)24-16(22)23/h3-8H,1-2H3,(H4,22,23,24,25). The van der Waals surface area contributed by atoms with Gasteiger partial charge in [-0.15, -0.1) is 0 Å². The molecular weight excluding hydrogens is 441 g/mol. The van der Waals surface area contributed by atoms with Gasteiger partial charge in [-0.1, -0.05) is 31.6 Å². The monoisotopic (exact) mass is 457 g/mol. The second-order valence-electron chi connectivity index (χ2n) is 6.27. The van der Waals surface area contributed by atoms with Crippen LogP contribution < -0.4 is 11.5 Å². The molecular formula is C16H16F5N3O3S2. The van der Waals surface area contributed by atoms with Crippen LogP contribution in [0, 0.1) is 6.92 Å². The minimum atomic E-state index is -9.87. The number of sulfone groups is 1. The Morgan fingerprint density at radius 1 is 1.00 bits per heavy atom. The van der Waals surface area contributed by atoms with Crippen LogP contribution in [0.3, 0.4) is 0 Å². The molecule has 13 heteroatoms. The average molecular weight is 457 g/mol. The Bertz CT molecular complexity index is 1140. The first-order valence-electron chi connectivity index (χ1n) is 7.63. The van der Waals surface area contributed by atoms with Gasteiger partial charge in [-0.25, -0.2) is 8.42 Å². The molecule has 0 aromatic heterocycles. The first kappa shape index (κ1) is 22.6. The summed E-state index contributed by atoms with van der Waals surface area (Å²) in [5, 5.41) is 0. The third-order valence-electron chi connectivity index (χ3n) is 3.80. The van der Waals surface area contributed by atoms with Crippen molar-refractivity contribution in [1.82, 2.24) is 0 Å². The molecule has 0 aliphatic heterocycles. The van der Waals surface area contributed by atoms with Crippen molar-refractivity contribution in [2.75, 3.05) is 6.26 Å². The van der Waals surface area contributed by atoms with Crippen LogP contribution in [0.4, 0.5) is 19.4 Å². The van der Waals surface area contributed by atoms with Crippen LogP contribution in [0.1, 0.15) is 15.9 Å². The number of nitrogens with two attached hydrogens (primary N) is 2. The van der Waals surface area contributed by atoms with Crippen molar-refractivity contribution in [3.8, 4) is 11.1 Å². The molecule has 0 radical (unpaired) electrons. The molecule has 1 amide bonds. The number of hydrogen-bond donors (Lipinski definition) is 2. The highest BCUT2D eigenvalue weighted by molar-refractivity contribution is 8.45. The third-order valence-corrected chi connectivity index (χ3v) is 6.10. The lowest BCUT2D eigenvalue weighted by atomic mass is 9.99. The molecule has 0 saturated carbocycles. The summed E-state index contributed by atoms with van der Waals surface area (Å²) < 4.78 is 88.8. The van der Waals surface area contributed by atoms with Crippen LogP contribution in [-0.4, -0.2) is 26.5 Å². The lowest BCUT2D eigenvalue weighted by Gasteiger charge is -2.40. The molecule has 29 heavy (non-hydrogen) atoms. The molecule has 0 spiro atoms. The van der Waals surface area contributed by atoms with Gasteiger partial charge in [0.05, 0.1) is 4.90 Å². The maximum Gasteiger partial charge on any atom is 0.310 e. The molecule has 0 fully saturated rings. The number of amides is 1. The topological polar surface area (TPSA) is 116 Å². The number of carbonyl (C=O) groups is 1. The van der Waals surface area contributed by atoms with E-state index in [1.807, 2.05) is 0 Å². The quantitative estimate of drug-likeness (QED) is 0.407. The summed E-state index contributed by atoms with van der Waals surface area (Å²) in [6.07, 6.45) is 0.819. The number of aryl methyl sites for hydroxylation is 1. The fourth-order valence-corrected chi connectivity index (χ4v) is 4.08. The number of benzene rings is 2. The van der Waals surface area contributed by atoms with Gasteiger partial charge in [0, 0.05) is 17.4 Å². The molecule has 0 saturated heterocycles. The Morgan fingerprint density at radius 3 is 1.93 bits per heavy atom. The van der Waals surface area contributed by atoms with Crippen molar-refractivity contribution in [3.63, 3.8) is 0 Å². The normalized spacial score (nSPS) is 14.6. The molecule has 0 aliphatic rings. The van der Waals surface area contributed by atoms with E-state index in [2.05, 4.69) is 4.99 Å². The van der Waals surface area contributed by atoms with Crippen molar-refractivity contribution >= 4 is 31.9 Å². The highest BCUT2D eigenvalue weighted by Crippen LogP contribution is 3.02. The van der Waals surface area contributed by atoms with E-state index in [1.54, 1.807) is 0 Å². The number of rotatable bonds is 4. The fourth-order valence-electron chi connectivity index (χ4n) is 2.52. The summed E-state index contributed by atoms with van der Waals surface area (Å²) in [7, 11) is -13.8. The van der Waals surface area contributed by atoms with Crippen LogP contribution in [0.5, 0.6) is 0 Å². The number of carbonyl (C=O) groups excluding carboxylic acids is 1. The van der Waals surface area contributed by atoms with Gasteiger partial charge in [0.1, 0.15) is 4.90 Å². The minimum Gasteiger partial charge on any atom is -0.370 e. The van der Waals surface area contributed by atoms with E-state index in [0.717, 1.165) is 24.5 Å². The number of nitrogens with zero attached hydrogens (tertiary/aromatic N) is 1. The first-order valence-corrected chi connectivity index (χ1v) is 11.5. The summed E-state index contributed by atoms with van der Waals surface area (Å²) >= 11 is 0. The van der Waals surface area contributed by atoms with Gasteiger partial charge in [0.2, 0.25) is 0 Å². The molecule has 0 heterocycles. The maximum atomic E-state index is 12.9. The highest BCUT2D eigenvalue weighted by atomic mass is 32.5. The van der Waals surface area contributed by atoms with Gasteiger partial charge >= 0.3 is 10.2 Å². The summed E-state index contributed by atoms with van der Waals surface area (Å²) in [5.74, 6) is -1.47. The molecule has 0 bridgehead atoms. The van der Waals surface area contributed by atoms with Gasteiger partial charge in [0.15, 0.2) is 15.8 Å². The number of aliphatic imine (C=N–C) groups is 1. The Kier molecular flexibility index (Phi) is 4.81. The summed E-state index contributed by atoms with van der Waals surface area (Å²) in [6.45, 7) is 1.42. The third kappa shape index (κ3) is 5.23. The summed E-state index contributed by atoms with van der Waals surface area (Å²) in [5.41, 5.74) is 10.2. The van der Waals surface area contributed by atoms with E-state index in [-0.39, 0.29) is 34.4 Å². The highest BCUT2D eigenvalue weighted by Gasteiger charge is 2.65. The Morgan fingerprint density at radius 2 is 1.52 bits per heavy atom. The molecule has 0 atom stereocenters. The van der Waals surface area contributed by atoms with E-state index in [9.17, 15) is 32.6 Å².